The zero-order valence-electron chi connectivity index (χ0n) is 17.4. The first kappa shape index (κ1) is 21.3. The number of hydrogen-bond acceptors (Lipinski definition) is 6. The molecular formula is C24H30O6. The minimum atomic E-state index is -1.38. The third kappa shape index (κ3) is 3.53. The predicted molar refractivity (Wildman–Crippen MR) is 112 cm³/mol. The highest BCUT2D eigenvalue weighted by Crippen LogP contribution is 2.55. The Kier molecular flexibility index (Phi) is 5.88. The van der Waals surface area contributed by atoms with Gasteiger partial charge in [0.1, 0.15) is 36.3 Å². The van der Waals surface area contributed by atoms with Gasteiger partial charge in [-0.05, 0) is 61.1 Å². The maximum atomic E-state index is 10.6. The first-order chi connectivity index (χ1) is 14.4. The maximum Gasteiger partial charge on any atom is 0.119 e. The third-order valence-electron chi connectivity index (χ3n) is 6.56. The Hall–Kier alpha value is -1.96. The van der Waals surface area contributed by atoms with E-state index in [9.17, 15) is 20.4 Å². The monoisotopic (exact) mass is 414 g/mol. The summed E-state index contributed by atoms with van der Waals surface area (Å²) in [5.74, 6) is 0.851. The van der Waals surface area contributed by atoms with E-state index in [2.05, 4.69) is 18.2 Å². The maximum absolute atomic E-state index is 10.6. The second-order valence-corrected chi connectivity index (χ2v) is 8.31. The summed E-state index contributed by atoms with van der Waals surface area (Å²) in [5, 5.41) is 40.4. The predicted octanol–water partition coefficient (Wildman–Crippen LogP) is 1.99. The van der Waals surface area contributed by atoms with Crippen molar-refractivity contribution >= 4 is 0 Å². The number of aliphatic hydroxyl groups is 4. The Morgan fingerprint density at radius 2 is 1.70 bits per heavy atom. The van der Waals surface area contributed by atoms with Crippen LogP contribution in [0.4, 0.5) is 0 Å². The van der Waals surface area contributed by atoms with Crippen molar-refractivity contribution in [2.75, 3.05) is 13.2 Å². The van der Waals surface area contributed by atoms with Gasteiger partial charge in [0, 0.05) is 5.41 Å². The Balaban J connectivity index is 1.68. The van der Waals surface area contributed by atoms with Gasteiger partial charge in [-0.15, -0.1) is 0 Å². The Labute approximate surface area is 176 Å². The van der Waals surface area contributed by atoms with Crippen LogP contribution in [0.25, 0.3) is 0 Å². The lowest BCUT2D eigenvalue weighted by Gasteiger charge is -2.41. The molecule has 162 valence electrons. The Morgan fingerprint density at radius 1 is 1.00 bits per heavy atom. The molecule has 1 aliphatic heterocycles. The molecule has 2 aromatic carbocycles. The van der Waals surface area contributed by atoms with Crippen LogP contribution < -0.4 is 4.74 Å². The second-order valence-electron chi connectivity index (χ2n) is 8.31. The van der Waals surface area contributed by atoms with Crippen LogP contribution in [-0.2, 0) is 10.2 Å². The van der Waals surface area contributed by atoms with Gasteiger partial charge in [0.15, 0.2) is 0 Å². The topological polar surface area (TPSA) is 99.4 Å². The van der Waals surface area contributed by atoms with E-state index in [0.717, 1.165) is 29.7 Å². The van der Waals surface area contributed by atoms with Crippen molar-refractivity contribution in [3.8, 4) is 5.75 Å². The number of ether oxygens (including phenoxy) is 2. The van der Waals surface area contributed by atoms with Gasteiger partial charge in [0.25, 0.3) is 0 Å². The molecule has 1 heterocycles. The van der Waals surface area contributed by atoms with E-state index in [1.54, 1.807) is 0 Å². The van der Waals surface area contributed by atoms with Crippen LogP contribution in [0.15, 0.2) is 42.5 Å². The molecule has 0 amide bonds. The second kappa shape index (κ2) is 8.29. The lowest BCUT2D eigenvalue weighted by atomic mass is 9.81. The van der Waals surface area contributed by atoms with Gasteiger partial charge in [-0.25, -0.2) is 0 Å². The van der Waals surface area contributed by atoms with Crippen LogP contribution in [0.1, 0.15) is 48.1 Å². The lowest BCUT2D eigenvalue weighted by Crippen LogP contribution is -2.55. The van der Waals surface area contributed by atoms with E-state index in [-0.39, 0.29) is 5.41 Å². The summed E-state index contributed by atoms with van der Waals surface area (Å²) in [6.45, 7) is 4.16. The molecule has 0 aromatic heterocycles. The lowest BCUT2D eigenvalue weighted by molar-refractivity contribution is -0.231. The van der Waals surface area contributed by atoms with E-state index >= 15 is 0 Å². The molecular weight excluding hydrogens is 384 g/mol. The van der Waals surface area contributed by atoms with Crippen LogP contribution in [0.2, 0.25) is 0 Å². The fourth-order valence-corrected chi connectivity index (χ4v) is 4.71. The van der Waals surface area contributed by atoms with E-state index in [0.29, 0.717) is 6.61 Å². The van der Waals surface area contributed by atoms with Gasteiger partial charge < -0.3 is 29.9 Å². The van der Waals surface area contributed by atoms with E-state index < -0.39 is 37.1 Å². The zero-order chi connectivity index (χ0) is 21.5. The number of rotatable bonds is 6. The van der Waals surface area contributed by atoms with Gasteiger partial charge in [-0.2, -0.15) is 0 Å². The zero-order valence-corrected chi connectivity index (χ0v) is 17.4. The first-order valence-electron chi connectivity index (χ1n) is 10.6. The molecule has 2 aliphatic rings. The average molecular weight is 414 g/mol. The molecule has 0 spiro atoms. The van der Waals surface area contributed by atoms with E-state index in [1.165, 1.54) is 11.1 Å². The largest absolute Gasteiger partial charge is 0.494 e. The minimum absolute atomic E-state index is 0.0844. The molecule has 0 unspecified atom stereocenters. The molecule has 6 nitrogen and oxygen atoms in total. The smallest absolute Gasteiger partial charge is 0.119 e. The summed E-state index contributed by atoms with van der Waals surface area (Å²) in [6, 6.07) is 14.1. The molecule has 2 aromatic rings. The van der Waals surface area contributed by atoms with Gasteiger partial charge in [-0.1, -0.05) is 30.3 Å². The van der Waals surface area contributed by atoms with Crippen LogP contribution in [0.3, 0.4) is 0 Å². The van der Waals surface area contributed by atoms with E-state index in [4.69, 9.17) is 9.47 Å². The summed E-state index contributed by atoms with van der Waals surface area (Å²) < 4.78 is 11.4. The molecule has 1 saturated heterocycles. The highest BCUT2D eigenvalue weighted by atomic mass is 16.5. The van der Waals surface area contributed by atoms with Crippen molar-refractivity contribution in [3.63, 3.8) is 0 Å². The molecule has 6 heteroatoms. The standard InChI is InChI=1S/C24H30O6/c1-3-29-16-9-7-15(8-10-16)24(11-12-24)18-6-4-5-17(14(18)2)23-22(28)21(27)20(26)19(13-25)30-23/h4-10,19-23,25-28H,3,11-13H2,1-2H3/t19-,20-,21+,22-,23+/m1/s1. The number of aliphatic hydroxyl groups excluding tert-OH is 4. The fourth-order valence-electron chi connectivity index (χ4n) is 4.71. The van der Waals surface area contributed by atoms with Crippen molar-refractivity contribution in [2.45, 2.75) is 62.6 Å². The number of hydrogen-bond donors (Lipinski definition) is 4. The average Bonchev–Trinajstić information content (AvgIpc) is 3.55. The van der Waals surface area contributed by atoms with Crippen molar-refractivity contribution < 1.29 is 29.9 Å². The van der Waals surface area contributed by atoms with Gasteiger partial charge in [0.05, 0.1) is 13.2 Å². The summed E-state index contributed by atoms with van der Waals surface area (Å²) in [5.41, 5.74) is 4.06. The molecule has 2 fully saturated rings. The normalized spacial score (nSPS) is 30.1. The molecule has 5 atom stereocenters. The molecule has 1 aliphatic carbocycles. The molecule has 0 radical (unpaired) electrons. The molecule has 1 saturated carbocycles. The van der Waals surface area contributed by atoms with Crippen LogP contribution >= 0.6 is 0 Å². The summed E-state index contributed by atoms with van der Waals surface area (Å²) in [7, 11) is 0. The quantitative estimate of drug-likeness (QED) is 0.577. The highest BCUT2D eigenvalue weighted by molar-refractivity contribution is 5.52. The fraction of sp³-hybridized carbons (Fsp3) is 0.500. The molecule has 4 rings (SSSR count). The minimum Gasteiger partial charge on any atom is -0.494 e. The van der Waals surface area contributed by atoms with Crippen molar-refractivity contribution in [3.05, 3.63) is 64.7 Å². The Morgan fingerprint density at radius 3 is 2.30 bits per heavy atom. The number of benzene rings is 2. The summed E-state index contributed by atoms with van der Waals surface area (Å²) >= 11 is 0. The first-order valence-corrected chi connectivity index (χ1v) is 10.6. The van der Waals surface area contributed by atoms with Crippen LogP contribution in [0.5, 0.6) is 5.75 Å². The highest BCUT2D eigenvalue weighted by Gasteiger charge is 2.48. The molecule has 0 bridgehead atoms. The van der Waals surface area contributed by atoms with E-state index in [1.807, 2.05) is 38.1 Å². The SMILES string of the molecule is CCOc1ccc(C2(c3cccc([C@@H]4O[C@H](CO)[C@@H](O)[C@H](O)[C@H]4O)c3C)CC2)cc1. The van der Waals surface area contributed by atoms with Crippen LogP contribution in [0, 0.1) is 6.92 Å². The van der Waals surface area contributed by atoms with Gasteiger partial charge in [0.2, 0.25) is 0 Å². The van der Waals surface area contributed by atoms with Crippen molar-refractivity contribution in [1.82, 2.24) is 0 Å². The Bertz CT molecular complexity index is 874. The van der Waals surface area contributed by atoms with Crippen LogP contribution in [-0.4, -0.2) is 58.1 Å². The molecule has 30 heavy (non-hydrogen) atoms. The van der Waals surface area contributed by atoms with Crippen molar-refractivity contribution in [1.29, 1.82) is 0 Å². The van der Waals surface area contributed by atoms with Gasteiger partial charge in [-0.3, -0.25) is 0 Å². The van der Waals surface area contributed by atoms with Gasteiger partial charge >= 0.3 is 0 Å². The summed E-state index contributed by atoms with van der Waals surface area (Å²) in [4.78, 5) is 0. The molecule has 4 N–H and O–H groups in total. The third-order valence-corrected chi connectivity index (χ3v) is 6.56. The summed E-state index contributed by atoms with van der Waals surface area (Å²) in [6.07, 6.45) is -3.71. The van der Waals surface area contributed by atoms with Crippen molar-refractivity contribution in [2.24, 2.45) is 0 Å².